The van der Waals surface area contributed by atoms with Gasteiger partial charge in [0.15, 0.2) is 0 Å². The molecule has 2 nitrogen and oxygen atoms in total. The minimum atomic E-state index is 0.568. The normalized spacial score (nSPS) is 10.4. The number of hydrogen-bond acceptors (Lipinski definition) is 1. The zero-order chi connectivity index (χ0) is 11.8. The maximum atomic E-state index is 5.42. The molecule has 2 heteroatoms. The Kier molecular flexibility index (Phi) is 5.65. The zero-order valence-electron chi connectivity index (χ0n) is 10.3. The van der Waals surface area contributed by atoms with E-state index in [0.29, 0.717) is 6.61 Å². The Morgan fingerprint density at radius 1 is 1.31 bits per heavy atom. The number of ether oxygens (including phenoxy) is 1. The quantitative estimate of drug-likeness (QED) is 0.699. The molecular formula is C14H22NO+. The Morgan fingerprint density at radius 2 is 2.00 bits per heavy atom. The van der Waals surface area contributed by atoms with Crippen molar-refractivity contribution < 1.29 is 10.1 Å². The van der Waals surface area contributed by atoms with E-state index in [1.165, 1.54) is 12.1 Å². The molecule has 0 heterocycles. The molecule has 0 atom stereocenters. The summed E-state index contributed by atoms with van der Waals surface area (Å²) in [5.74, 6) is 1.66. The lowest BCUT2D eigenvalue weighted by molar-refractivity contribution is -0.675. The number of rotatable bonds is 7. The third kappa shape index (κ3) is 4.99. The van der Waals surface area contributed by atoms with E-state index >= 15 is 0 Å². The molecule has 1 aromatic carbocycles. The molecule has 0 aliphatic rings. The van der Waals surface area contributed by atoms with Gasteiger partial charge < -0.3 is 10.1 Å². The predicted molar refractivity (Wildman–Crippen MR) is 67.5 cm³/mol. The van der Waals surface area contributed by atoms with Crippen molar-refractivity contribution >= 4 is 0 Å². The monoisotopic (exact) mass is 220 g/mol. The van der Waals surface area contributed by atoms with Crippen LogP contribution < -0.4 is 10.1 Å². The second-order valence-corrected chi connectivity index (χ2v) is 4.37. The summed E-state index contributed by atoms with van der Waals surface area (Å²) < 4.78 is 5.42. The fourth-order valence-electron chi connectivity index (χ4n) is 1.46. The van der Waals surface area contributed by atoms with Gasteiger partial charge in [-0.2, -0.15) is 0 Å². The standard InChI is InChI=1S/C14H21NO/c1-4-9-16-14-7-5-13(6-8-14)11-15-10-12(2)3/h4-8,12,15H,1,9-11H2,2-3H3/p+1. The summed E-state index contributed by atoms with van der Waals surface area (Å²) in [5.41, 5.74) is 1.34. The molecule has 0 spiro atoms. The van der Waals surface area contributed by atoms with Crippen LogP contribution in [-0.4, -0.2) is 13.2 Å². The van der Waals surface area contributed by atoms with E-state index in [-0.39, 0.29) is 0 Å². The Balaban J connectivity index is 2.35. The molecule has 0 unspecified atom stereocenters. The maximum Gasteiger partial charge on any atom is 0.119 e. The first-order valence-electron chi connectivity index (χ1n) is 5.86. The van der Waals surface area contributed by atoms with Crippen LogP contribution in [0.1, 0.15) is 19.4 Å². The summed E-state index contributed by atoms with van der Waals surface area (Å²) in [7, 11) is 0. The third-order valence-corrected chi connectivity index (χ3v) is 2.31. The highest BCUT2D eigenvalue weighted by Gasteiger charge is 1.99. The highest BCUT2D eigenvalue weighted by Crippen LogP contribution is 2.11. The van der Waals surface area contributed by atoms with Crippen molar-refractivity contribution in [2.45, 2.75) is 20.4 Å². The molecular weight excluding hydrogens is 198 g/mol. The van der Waals surface area contributed by atoms with Gasteiger partial charge in [0.05, 0.1) is 6.54 Å². The first kappa shape index (κ1) is 12.8. The van der Waals surface area contributed by atoms with Gasteiger partial charge >= 0.3 is 0 Å². The van der Waals surface area contributed by atoms with Crippen molar-refractivity contribution in [2.75, 3.05) is 13.2 Å². The van der Waals surface area contributed by atoms with Crippen molar-refractivity contribution in [3.05, 3.63) is 42.5 Å². The number of benzene rings is 1. The first-order chi connectivity index (χ1) is 7.72. The van der Waals surface area contributed by atoms with Gasteiger partial charge in [-0.25, -0.2) is 0 Å². The predicted octanol–water partition coefficient (Wildman–Crippen LogP) is 1.97. The highest BCUT2D eigenvalue weighted by molar-refractivity contribution is 5.26. The van der Waals surface area contributed by atoms with Gasteiger partial charge in [-0.1, -0.05) is 26.5 Å². The van der Waals surface area contributed by atoms with E-state index in [9.17, 15) is 0 Å². The summed E-state index contributed by atoms with van der Waals surface area (Å²) in [6.07, 6.45) is 1.75. The average molecular weight is 220 g/mol. The van der Waals surface area contributed by atoms with Crippen molar-refractivity contribution in [1.82, 2.24) is 0 Å². The Hall–Kier alpha value is -1.28. The molecule has 16 heavy (non-hydrogen) atoms. The van der Waals surface area contributed by atoms with Crippen molar-refractivity contribution in [2.24, 2.45) is 5.92 Å². The molecule has 2 N–H and O–H groups in total. The van der Waals surface area contributed by atoms with Crippen LogP contribution >= 0.6 is 0 Å². The van der Waals surface area contributed by atoms with Gasteiger partial charge in [-0.15, -0.1) is 0 Å². The largest absolute Gasteiger partial charge is 0.490 e. The Bertz CT molecular complexity index is 303. The van der Waals surface area contributed by atoms with Crippen molar-refractivity contribution in [1.29, 1.82) is 0 Å². The van der Waals surface area contributed by atoms with E-state index in [1.54, 1.807) is 6.08 Å². The minimum absolute atomic E-state index is 0.568. The van der Waals surface area contributed by atoms with Crippen LogP contribution in [0.15, 0.2) is 36.9 Å². The van der Waals surface area contributed by atoms with Crippen LogP contribution in [0.4, 0.5) is 0 Å². The SMILES string of the molecule is C=CCOc1ccc(C[NH2+]CC(C)C)cc1. The lowest BCUT2D eigenvalue weighted by atomic mass is 10.2. The zero-order valence-corrected chi connectivity index (χ0v) is 10.3. The third-order valence-electron chi connectivity index (χ3n) is 2.31. The van der Waals surface area contributed by atoms with Crippen LogP contribution in [0.25, 0.3) is 0 Å². The molecule has 1 rings (SSSR count). The summed E-state index contributed by atoms with van der Waals surface area (Å²) in [5, 5.41) is 2.34. The van der Waals surface area contributed by atoms with Gasteiger partial charge in [0.1, 0.15) is 18.9 Å². The molecule has 1 aromatic rings. The number of nitrogens with two attached hydrogens (primary N) is 1. The number of hydrogen-bond donors (Lipinski definition) is 1. The fraction of sp³-hybridized carbons (Fsp3) is 0.429. The molecule has 0 saturated heterocycles. The molecule has 0 bridgehead atoms. The van der Waals surface area contributed by atoms with Gasteiger partial charge in [-0.05, 0) is 24.3 Å². The Morgan fingerprint density at radius 3 is 2.56 bits per heavy atom. The second kappa shape index (κ2) is 7.07. The van der Waals surface area contributed by atoms with Gasteiger partial charge in [0.25, 0.3) is 0 Å². The molecule has 0 amide bonds. The molecule has 0 saturated carbocycles. The van der Waals surface area contributed by atoms with Gasteiger partial charge in [-0.3, -0.25) is 0 Å². The topological polar surface area (TPSA) is 25.8 Å². The smallest absolute Gasteiger partial charge is 0.119 e. The second-order valence-electron chi connectivity index (χ2n) is 4.37. The lowest BCUT2D eigenvalue weighted by Crippen LogP contribution is -2.83. The van der Waals surface area contributed by atoms with Gasteiger partial charge in [0, 0.05) is 11.5 Å². The first-order valence-corrected chi connectivity index (χ1v) is 5.86. The van der Waals surface area contributed by atoms with Crippen LogP contribution in [-0.2, 0) is 6.54 Å². The Labute approximate surface area is 98.3 Å². The van der Waals surface area contributed by atoms with Crippen LogP contribution in [0.5, 0.6) is 5.75 Å². The summed E-state index contributed by atoms with van der Waals surface area (Å²) >= 11 is 0. The molecule has 88 valence electrons. The van der Waals surface area contributed by atoms with Gasteiger partial charge in [0.2, 0.25) is 0 Å². The van der Waals surface area contributed by atoms with E-state index in [0.717, 1.165) is 18.2 Å². The maximum absolute atomic E-state index is 5.42. The van der Waals surface area contributed by atoms with Crippen LogP contribution in [0, 0.1) is 5.92 Å². The molecule has 0 fully saturated rings. The van der Waals surface area contributed by atoms with E-state index in [1.807, 2.05) is 12.1 Å². The highest BCUT2D eigenvalue weighted by atomic mass is 16.5. The van der Waals surface area contributed by atoms with E-state index < -0.39 is 0 Å². The van der Waals surface area contributed by atoms with Crippen molar-refractivity contribution in [3.8, 4) is 5.75 Å². The molecule has 0 aliphatic carbocycles. The lowest BCUT2D eigenvalue weighted by Gasteiger charge is -2.06. The summed E-state index contributed by atoms with van der Waals surface area (Å²) in [4.78, 5) is 0. The minimum Gasteiger partial charge on any atom is -0.490 e. The van der Waals surface area contributed by atoms with Crippen LogP contribution in [0.2, 0.25) is 0 Å². The fourth-order valence-corrected chi connectivity index (χ4v) is 1.46. The van der Waals surface area contributed by atoms with E-state index in [4.69, 9.17) is 4.74 Å². The number of quaternary nitrogens is 1. The average Bonchev–Trinajstić information content (AvgIpc) is 2.27. The van der Waals surface area contributed by atoms with Crippen LogP contribution in [0.3, 0.4) is 0 Å². The summed E-state index contributed by atoms with van der Waals surface area (Å²) in [6.45, 7) is 10.9. The molecule has 0 aromatic heterocycles. The summed E-state index contributed by atoms with van der Waals surface area (Å²) in [6, 6.07) is 8.27. The molecule has 0 radical (unpaired) electrons. The van der Waals surface area contributed by atoms with Crippen molar-refractivity contribution in [3.63, 3.8) is 0 Å². The molecule has 0 aliphatic heterocycles. The van der Waals surface area contributed by atoms with E-state index in [2.05, 4.69) is 37.9 Å².